The smallest absolute Gasteiger partial charge is 0.251 e. The van der Waals surface area contributed by atoms with Crippen molar-refractivity contribution >= 4 is 24.2 Å². The van der Waals surface area contributed by atoms with Crippen molar-refractivity contribution in [2.45, 2.75) is 25.3 Å². The monoisotopic (exact) mass is 341 g/mol. The Bertz CT molecular complexity index is 502. The van der Waals surface area contributed by atoms with E-state index >= 15 is 0 Å². The molecule has 1 unspecified atom stereocenters. The molecular weight excluding hydrogens is 318 g/mol. The number of nitrogens with one attached hydrogen (secondary N) is 3. The molecular formula is C16H24ClN3O3. The fourth-order valence-electron chi connectivity index (χ4n) is 2.45. The topological polar surface area (TPSA) is 79.5 Å². The number of methoxy groups -OCH3 is 1. The molecule has 1 saturated heterocycles. The molecule has 128 valence electrons. The van der Waals surface area contributed by atoms with Gasteiger partial charge in [0.1, 0.15) is 5.75 Å². The van der Waals surface area contributed by atoms with Crippen molar-refractivity contribution in [1.29, 1.82) is 0 Å². The normalized spacial score (nSPS) is 16.3. The molecule has 1 heterocycles. The molecule has 23 heavy (non-hydrogen) atoms. The highest BCUT2D eigenvalue weighted by Crippen LogP contribution is 2.11. The van der Waals surface area contributed by atoms with Crippen LogP contribution in [0.25, 0.3) is 0 Å². The maximum absolute atomic E-state index is 11.9. The molecule has 0 aliphatic carbocycles. The number of hydrogen-bond donors (Lipinski definition) is 3. The summed E-state index contributed by atoms with van der Waals surface area (Å²) in [6.45, 7) is 1.85. The summed E-state index contributed by atoms with van der Waals surface area (Å²) in [5, 5.41) is 8.88. The van der Waals surface area contributed by atoms with E-state index < -0.39 is 0 Å². The summed E-state index contributed by atoms with van der Waals surface area (Å²) in [7, 11) is 1.58. The second-order valence-electron chi connectivity index (χ2n) is 5.33. The van der Waals surface area contributed by atoms with Crippen molar-refractivity contribution in [3.8, 4) is 5.75 Å². The highest BCUT2D eigenvalue weighted by molar-refractivity contribution is 5.94. The van der Waals surface area contributed by atoms with E-state index in [0.717, 1.165) is 19.4 Å². The van der Waals surface area contributed by atoms with Gasteiger partial charge in [-0.05, 0) is 43.7 Å². The first-order valence-electron chi connectivity index (χ1n) is 7.61. The number of halogens is 1. The first kappa shape index (κ1) is 19.3. The number of rotatable bonds is 7. The SMILES string of the molecule is COc1ccc(C(=O)NCCNC(=O)CC2CCCN2)cc1.Cl. The molecule has 2 amide bonds. The van der Waals surface area contributed by atoms with Crippen molar-refractivity contribution in [3.63, 3.8) is 0 Å². The predicted molar refractivity (Wildman–Crippen MR) is 91.2 cm³/mol. The zero-order valence-corrected chi connectivity index (χ0v) is 14.1. The van der Waals surface area contributed by atoms with Gasteiger partial charge in [-0.3, -0.25) is 9.59 Å². The minimum Gasteiger partial charge on any atom is -0.497 e. The van der Waals surface area contributed by atoms with Crippen molar-refractivity contribution in [3.05, 3.63) is 29.8 Å². The lowest BCUT2D eigenvalue weighted by atomic mass is 10.1. The van der Waals surface area contributed by atoms with E-state index in [4.69, 9.17) is 4.74 Å². The zero-order chi connectivity index (χ0) is 15.8. The van der Waals surface area contributed by atoms with Crippen LogP contribution in [0.2, 0.25) is 0 Å². The van der Waals surface area contributed by atoms with Gasteiger partial charge in [0, 0.05) is 31.1 Å². The fourth-order valence-corrected chi connectivity index (χ4v) is 2.45. The molecule has 1 atom stereocenters. The number of benzene rings is 1. The van der Waals surface area contributed by atoms with E-state index in [1.807, 2.05) is 0 Å². The molecule has 3 N–H and O–H groups in total. The Morgan fingerprint density at radius 3 is 2.52 bits per heavy atom. The number of hydrogen-bond acceptors (Lipinski definition) is 4. The van der Waals surface area contributed by atoms with E-state index in [0.29, 0.717) is 36.9 Å². The van der Waals surface area contributed by atoms with Gasteiger partial charge in [-0.1, -0.05) is 0 Å². The average molecular weight is 342 g/mol. The molecule has 1 aliphatic rings. The first-order valence-corrected chi connectivity index (χ1v) is 7.61. The van der Waals surface area contributed by atoms with Crippen molar-refractivity contribution in [2.75, 3.05) is 26.7 Å². The molecule has 1 aromatic rings. The zero-order valence-electron chi connectivity index (χ0n) is 13.3. The minimum absolute atomic E-state index is 0. The predicted octanol–water partition coefficient (Wildman–Crippen LogP) is 1.11. The van der Waals surface area contributed by atoms with Crippen molar-refractivity contribution < 1.29 is 14.3 Å². The Labute approximate surface area is 142 Å². The van der Waals surface area contributed by atoms with Crippen LogP contribution in [0.4, 0.5) is 0 Å². The van der Waals surface area contributed by atoms with Crippen LogP contribution in [0.15, 0.2) is 24.3 Å². The van der Waals surface area contributed by atoms with Gasteiger partial charge in [0.2, 0.25) is 5.91 Å². The van der Waals surface area contributed by atoms with Crippen LogP contribution < -0.4 is 20.7 Å². The summed E-state index contributed by atoms with van der Waals surface area (Å²) < 4.78 is 5.04. The molecule has 1 aliphatic heterocycles. The van der Waals surface area contributed by atoms with Gasteiger partial charge in [-0.15, -0.1) is 12.4 Å². The van der Waals surface area contributed by atoms with Crippen molar-refractivity contribution in [1.82, 2.24) is 16.0 Å². The number of ether oxygens (including phenoxy) is 1. The van der Waals surface area contributed by atoms with E-state index in [-0.39, 0.29) is 24.2 Å². The third-order valence-corrected chi connectivity index (χ3v) is 3.68. The lowest BCUT2D eigenvalue weighted by Crippen LogP contribution is -2.37. The summed E-state index contributed by atoms with van der Waals surface area (Å²) in [4.78, 5) is 23.6. The maximum atomic E-state index is 11.9. The summed E-state index contributed by atoms with van der Waals surface area (Å²) in [6, 6.07) is 7.20. The van der Waals surface area contributed by atoms with Gasteiger partial charge >= 0.3 is 0 Å². The van der Waals surface area contributed by atoms with Gasteiger partial charge in [0.05, 0.1) is 7.11 Å². The molecule has 0 radical (unpaired) electrons. The maximum Gasteiger partial charge on any atom is 0.251 e. The summed E-state index contributed by atoms with van der Waals surface area (Å²) in [6.07, 6.45) is 2.70. The fraction of sp³-hybridized carbons (Fsp3) is 0.500. The second kappa shape index (κ2) is 10.1. The Kier molecular flexibility index (Phi) is 8.43. The Balaban J connectivity index is 0.00000264. The molecule has 1 fully saturated rings. The molecule has 2 rings (SSSR count). The number of amides is 2. The Morgan fingerprint density at radius 1 is 1.22 bits per heavy atom. The van der Waals surface area contributed by atoms with Crippen LogP contribution >= 0.6 is 12.4 Å². The van der Waals surface area contributed by atoms with Crippen LogP contribution in [0.5, 0.6) is 5.75 Å². The van der Waals surface area contributed by atoms with Gasteiger partial charge in [0.15, 0.2) is 0 Å². The molecule has 7 heteroatoms. The van der Waals surface area contributed by atoms with E-state index in [1.54, 1.807) is 31.4 Å². The van der Waals surface area contributed by atoms with Gasteiger partial charge in [-0.25, -0.2) is 0 Å². The Morgan fingerprint density at radius 2 is 1.91 bits per heavy atom. The van der Waals surface area contributed by atoms with Gasteiger partial charge in [0.25, 0.3) is 5.91 Å². The molecule has 0 saturated carbocycles. The highest BCUT2D eigenvalue weighted by atomic mass is 35.5. The standard InChI is InChI=1S/C16H23N3O3.ClH/c1-22-14-6-4-12(5-7-14)16(21)19-10-9-18-15(20)11-13-3-2-8-17-13;/h4-7,13,17H,2-3,8-11H2,1H3,(H,18,20)(H,19,21);1H. The average Bonchev–Trinajstić information content (AvgIpc) is 3.04. The number of carbonyl (C=O) groups excluding carboxylic acids is 2. The molecule has 6 nitrogen and oxygen atoms in total. The quantitative estimate of drug-likeness (QED) is 0.649. The van der Waals surface area contributed by atoms with Crippen LogP contribution in [0.1, 0.15) is 29.6 Å². The number of carbonyl (C=O) groups is 2. The van der Waals surface area contributed by atoms with Crippen LogP contribution in [0.3, 0.4) is 0 Å². The van der Waals surface area contributed by atoms with Gasteiger partial charge in [-0.2, -0.15) is 0 Å². The third kappa shape index (κ3) is 6.46. The van der Waals surface area contributed by atoms with E-state index in [9.17, 15) is 9.59 Å². The van der Waals surface area contributed by atoms with Gasteiger partial charge < -0.3 is 20.7 Å². The van der Waals surface area contributed by atoms with Crippen molar-refractivity contribution in [2.24, 2.45) is 0 Å². The largest absolute Gasteiger partial charge is 0.497 e. The highest BCUT2D eigenvalue weighted by Gasteiger charge is 2.17. The van der Waals surface area contributed by atoms with Crippen LogP contribution in [-0.2, 0) is 4.79 Å². The van der Waals surface area contributed by atoms with Crippen LogP contribution in [0, 0.1) is 0 Å². The lowest BCUT2D eigenvalue weighted by molar-refractivity contribution is -0.121. The molecule has 0 spiro atoms. The summed E-state index contributed by atoms with van der Waals surface area (Å²) >= 11 is 0. The Hall–Kier alpha value is -1.79. The molecule has 0 bridgehead atoms. The summed E-state index contributed by atoms with van der Waals surface area (Å²) in [5.41, 5.74) is 0.572. The minimum atomic E-state index is -0.158. The van der Waals surface area contributed by atoms with Crippen LogP contribution in [-0.4, -0.2) is 44.6 Å². The molecule has 0 aromatic heterocycles. The second-order valence-corrected chi connectivity index (χ2v) is 5.33. The first-order chi connectivity index (χ1) is 10.7. The van der Waals surface area contributed by atoms with E-state index in [1.165, 1.54) is 0 Å². The third-order valence-electron chi connectivity index (χ3n) is 3.68. The molecule has 1 aromatic carbocycles. The summed E-state index contributed by atoms with van der Waals surface area (Å²) in [5.74, 6) is 0.580. The lowest BCUT2D eigenvalue weighted by Gasteiger charge is -2.11. The van der Waals surface area contributed by atoms with E-state index in [2.05, 4.69) is 16.0 Å².